The molecule has 1 amide bonds. The van der Waals surface area contributed by atoms with Gasteiger partial charge >= 0.3 is 5.97 Å². The number of methoxy groups -OCH3 is 1. The molecule has 0 spiro atoms. The van der Waals surface area contributed by atoms with Crippen LogP contribution in [-0.2, 0) is 14.3 Å². The Morgan fingerprint density at radius 2 is 2.27 bits per heavy atom. The predicted octanol–water partition coefficient (Wildman–Crippen LogP) is 0.780. The predicted molar refractivity (Wildman–Crippen MR) is 92.8 cm³/mol. The van der Waals surface area contributed by atoms with Crippen molar-refractivity contribution in [1.82, 2.24) is 9.88 Å². The lowest BCUT2D eigenvalue weighted by Gasteiger charge is -2.15. The van der Waals surface area contributed by atoms with Crippen LogP contribution < -0.4 is 5.32 Å². The summed E-state index contributed by atoms with van der Waals surface area (Å²) in [5, 5.41) is 22.2. The van der Waals surface area contributed by atoms with Gasteiger partial charge in [0.25, 0.3) is 5.91 Å². The first-order chi connectivity index (χ1) is 12.6. The monoisotopic (exact) mass is 352 g/mol. The maximum absolute atomic E-state index is 12.6. The minimum absolute atomic E-state index is 0.0332. The highest BCUT2D eigenvalue weighted by atomic mass is 16.5. The normalized spacial score (nSPS) is 13.9. The molecular formula is C18H16N4O4. The van der Waals surface area contributed by atoms with Gasteiger partial charge in [0.15, 0.2) is 0 Å². The van der Waals surface area contributed by atoms with Crippen LogP contribution in [0.1, 0.15) is 5.56 Å². The summed E-state index contributed by atoms with van der Waals surface area (Å²) in [4.78, 5) is 30.2. The number of carbonyl (C=O) groups is 2. The molecule has 1 aromatic carbocycles. The number of anilines is 1. The number of hydrogen-bond donors (Lipinski definition) is 2. The number of carbonyl (C=O) groups excluding carboxylic acids is 2. The minimum Gasteiger partial charge on any atom is -0.466 e. The van der Waals surface area contributed by atoms with Gasteiger partial charge in [-0.25, -0.2) is 4.79 Å². The van der Waals surface area contributed by atoms with Gasteiger partial charge in [-0.2, -0.15) is 5.26 Å². The molecule has 132 valence electrons. The molecule has 0 saturated carbocycles. The van der Waals surface area contributed by atoms with Crippen molar-refractivity contribution in [3.63, 3.8) is 0 Å². The van der Waals surface area contributed by atoms with Gasteiger partial charge in [-0.15, -0.1) is 0 Å². The van der Waals surface area contributed by atoms with E-state index in [2.05, 4.69) is 16.4 Å². The van der Waals surface area contributed by atoms with E-state index in [1.54, 1.807) is 30.5 Å². The number of pyridine rings is 1. The maximum atomic E-state index is 12.6. The van der Waals surface area contributed by atoms with E-state index < -0.39 is 11.9 Å². The van der Waals surface area contributed by atoms with Crippen molar-refractivity contribution in [2.75, 3.05) is 32.1 Å². The quantitative estimate of drug-likeness (QED) is 0.764. The third-order valence-electron chi connectivity index (χ3n) is 4.11. The molecule has 8 heteroatoms. The maximum Gasteiger partial charge on any atom is 0.337 e. The van der Waals surface area contributed by atoms with Crippen molar-refractivity contribution < 1.29 is 19.4 Å². The first kappa shape index (κ1) is 17.4. The lowest BCUT2D eigenvalue weighted by atomic mass is 10.1. The van der Waals surface area contributed by atoms with Crippen LogP contribution in [0.3, 0.4) is 0 Å². The van der Waals surface area contributed by atoms with Crippen LogP contribution in [0, 0.1) is 11.3 Å². The minimum atomic E-state index is -0.637. The first-order valence-corrected chi connectivity index (χ1v) is 7.87. The number of aliphatic hydroxyl groups excluding tert-OH is 1. The molecule has 0 fully saturated rings. The van der Waals surface area contributed by atoms with Gasteiger partial charge in [-0.1, -0.05) is 0 Å². The molecule has 1 aliphatic heterocycles. The summed E-state index contributed by atoms with van der Waals surface area (Å²) < 4.78 is 4.75. The average Bonchev–Trinajstić information content (AvgIpc) is 2.97. The molecule has 8 nitrogen and oxygen atoms in total. The highest BCUT2D eigenvalue weighted by Crippen LogP contribution is 2.28. The summed E-state index contributed by atoms with van der Waals surface area (Å²) in [6.07, 6.45) is 1.63. The van der Waals surface area contributed by atoms with Gasteiger partial charge in [0, 0.05) is 18.1 Å². The van der Waals surface area contributed by atoms with Crippen molar-refractivity contribution in [2.24, 2.45) is 0 Å². The molecule has 2 N–H and O–H groups in total. The smallest absolute Gasteiger partial charge is 0.337 e. The number of aromatic nitrogens is 1. The summed E-state index contributed by atoms with van der Waals surface area (Å²) in [6, 6.07) is 8.95. The first-order valence-electron chi connectivity index (χ1n) is 7.87. The van der Waals surface area contributed by atoms with Gasteiger partial charge in [0.2, 0.25) is 0 Å². The van der Waals surface area contributed by atoms with Gasteiger partial charge in [-0.3, -0.25) is 9.78 Å². The van der Waals surface area contributed by atoms with E-state index in [4.69, 9.17) is 9.84 Å². The Kier molecular flexibility index (Phi) is 4.82. The van der Waals surface area contributed by atoms with Crippen LogP contribution in [0.5, 0.6) is 0 Å². The summed E-state index contributed by atoms with van der Waals surface area (Å²) in [5.41, 5.74) is 1.56. The Hall–Kier alpha value is -3.44. The zero-order valence-corrected chi connectivity index (χ0v) is 14.0. The number of benzene rings is 1. The average molecular weight is 352 g/mol. The number of β-amino-alcohol motifs (C(OH)–C–C–N with tert-alkyl or cyclic N) is 1. The second kappa shape index (κ2) is 7.21. The van der Waals surface area contributed by atoms with Crippen LogP contribution in [-0.4, -0.2) is 53.7 Å². The number of ether oxygens (including phenoxy) is 1. The molecule has 0 atom stereocenters. The van der Waals surface area contributed by atoms with Crippen LogP contribution >= 0.6 is 0 Å². The van der Waals surface area contributed by atoms with E-state index >= 15 is 0 Å². The molecule has 1 aromatic heterocycles. The molecular weight excluding hydrogens is 336 g/mol. The largest absolute Gasteiger partial charge is 0.466 e. The fourth-order valence-electron chi connectivity index (χ4n) is 2.86. The van der Waals surface area contributed by atoms with E-state index in [1.807, 2.05) is 0 Å². The standard InChI is InChI=1S/C18H16N4O4/c1-26-18(25)13-10-22(7-8-23)17(24)16(13)21-15-5-4-14-11(12(15)9-19)3-2-6-20-14/h2-6,21,23H,7-8,10H2,1H3. The highest BCUT2D eigenvalue weighted by Gasteiger charge is 2.34. The second-order valence-corrected chi connectivity index (χ2v) is 5.59. The van der Waals surface area contributed by atoms with E-state index in [9.17, 15) is 14.9 Å². The number of nitrogens with zero attached hydrogens (tertiary/aromatic N) is 3. The number of rotatable bonds is 5. The van der Waals surface area contributed by atoms with E-state index in [0.29, 0.717) is 22.2 Å². The Labute approximate surface area is 149 Å². The van der Waals surface area contributed by atoms with Gasteiger partial charge in [-0.05, 0) is 24.3 Å². The molecule has 1 aliphatic rings. The third-order valence-corrected chi connectivity index (χ3v) is 4.11. The lowest BCUT2D eigenvalue weighted by Crippen LogP contribution is -2.31. The van der Waals surface area contributed by atoms with Crippen molar-refractivity contribution in [3.05, 3.63) is 47.3 Å². The Balaban J connectivity index is 2.05. The molecule has 2 aromatic rings. The Bertz CT molecular complexity index is 961. The number of nitriles is 1. The number of esters is 1. The zero-order valence-electron chi connectivity index (χ0n) is 14.0. The Morgan fingerprint density at radius 3 is 2.96 bits per heavy atom. The summed E-state index contributed by atoms with van der Waals surface area (Å²) in [6.45, 7) is -0.0960. The zero-order chi connectivity index (χ0) is 18.7. The molecule has 26 heavy (non-hydrogen) atoms. The highest BCUT2D eigenvalue weighted by molar-refractivity contribution is 6.09. The van der Waals surface area contributed by atoms with E-state index in [0.717, 1.165) is 0 Å². The Morgan fingerprint density at radius 1 is 1.46 bits per heavy atom. The van der Waals surface area contributed by atoms with Crippen LogP contribution in [0.15, 0.2) is 41.7 Å². The van der Waals surface area contributed by atoms with Gasteiger partial charge in [0.1, 0.15) is 11.8 Å². The van der Waals surface area contributed by atoms with E-state index in [-0.39, 0.29) is 31.0 Å². The fraction of sp³-hybridized carbons (Fsp3) is 0.222. The van der Waals surface area contributed by atoms with Crippen molar-refractivity contribution in [1.29, 1.82) is 5.26 Å². The molecule has 2 heterocycles. The summed E-state index contributed by atoms with van der Waals surface area (Å²) >= 11 is 0. The fourth-order valence-corrected chi connectivity index (χ4v) is 2.86. The van der Waals surface area contributed by atoms with Crippen molar-refractivity contribution in [3.8, 4) is 6.07 Å². The topological polar surface area (TPSA) is 116 Å². The molecule has 0 aliphatic carbocycles. The van der Waals surface area contributed by atoms with Crippen LogP contribution in [0.4, 0.5) is 5.69 Å². The molecule has 0 bridgehead atoms. The number of amides is 1. The van der Waals surface area contributed by atoms with Crippen molar-refractivity contribution >= 4 is 28.5 Å². The molecule has 0 saturated heterocycles. The SMILES string of the molecule is COC(=O)C1=C(Nc2ccc3ncccc3c2C#N)C(=O)N(CCO)C1. The third kappa shape index (κ3) is 2.96. The molecule has 3 rings (SSSR count). The number of fused-ring (bicyclic) bond motifs is 1. The van der Waals surface area contributed by atoms with E-state index in [1.165, 1.54) is 12.0 Å². The number of nitrogens with one attached hydrogen (secondary N) is 1. The second-order valence-electron chi connectivity index (χ2n) is 5.59. The molecule has 0 radical (unpaired) electrons. The number of aliphatic hydroxyl groups is 1. The number of hydrogen-bond acceptors (Lipinski definition) is 7. The molecule has 0 unspecified atom stereocenters. The van der Waals surface area contributed by atoms with Crippen LogP contribution in [0.25, 0.3) is 10.9 Å². The summed E-state index contributed by atoms with van der Waals surface area (Å²) in [5.74, 6) is -1.07. The lowest BCUT2D eigenvalue weighted by molar-refractivity contribution is -0.136. The van der Waals surface area contributed by atoms with Gasteiger partial charge in [0.05, 0.1) is 42.6 Å². The van der Waals surface area contributed by atoms with Crippen LogP contribution in [0.2, 0.25) is 0 Å². The summed E-state index contributed by atoms with van der Waals surface area (Å²) in [7, 11) is 1.23. The van der Waals surface area contributed by atoms with Gasteiger partial charge < -0.3 is 20.1 Å². The van der Waals surface area contributed by atoms with Crippen molar-refractivity contribution in [2.45, 2.75) is 0 Å².